The zero-order valence-electron chi connectivity index (χ0n) is 13.8. The van der Waals surface area contributed by atoms with E-state index in [9.17, 15) is 8.78 Å². The Balaban J connectivity index is 1.86. The molecule has 0 saturated heterocycles. The van der Waals surface area contributed by atoms with Crippen LogP contribution in [0.2, 0.25) is 0 Å². The number of rotatable bonds is 4. The summed E-state index contributed by atoms with van der Waals surface area (Å²) in [5.74, 6) is -1.15. The number of hydrogen-bond donors (Lipinski definition) is 3. The van der Waals surface area contributed by atoms with Gasteiger partial charge in [-0.25, -0.2) is 18.7 Å². The van der Waals surface area contributed by atoms with Crippen LogP contribution in [-0.2, 0) is 0 Å². The highest BCUT2D eigenvalue weighted by Gasteiger charge is 2.10. The van der Waals surface area contributed by atoms with Gasteiger partial charge >= 0.3 is 0 Å². The van der Waals surface area contributed by atoms with Crippen LogP contribution in [0.15, 0.2) is 42.7 Å². The number of aryl methyl sites for hydroxylation is 2. The van der Waals surface area contributed by atoms with Crippen molar-refractivity contribution >= 4 is 28.7 Å². The van der Waals surface area contributed by atoms with Gasteiger partial charge in [0.1, 0.15) is 12.0 Å². The van der Waals surface area contributed by atoms with Gasteiger partial charge in [0.15, 0.2) is 23.3 Å². The highest BCUT2D eigenvalue weighted by Crippen LogP contribution is 2.29. The van der Waals surface area contributed by atoms with Crippen LogP contribution in [-0.4, -0.2) is 9.97 Å². The van der Waals surface area contributed by atoms with Crippen molar-refractivity contribution in [3.63, 3.8) is 0 Å². The summed E-state index contributed by atoms with van der Waals surface area (Å²) in [6.07, 6.45) is 1.34. The molecule has 0 spiro atoms. The summed E-state index contributed by atoms with van der Waals surface area (Å²) in [5, 5.41) is 6.00. The predicted octanol–water partition coefficient (Wildman–Crippen LogP) is 4.44. The van der Waals surface area contributed by atoms with Gasteiger partial charge in [-0.15, -0.1) is 0 Å². The van der Waals surface area contributed by atoms with Gasteiger partial charge in [0, 0.05) is 17.4 Å². The number of benzene rings is 2. The van der Waals surface area contributed by atoms with Gasteiger partial charge in [-0.3, -0.25) is 0 Å². The van der Waals surface area contributed by atoms with Crippen LogP contribution in [0.5, 0.6) is 0 Å². The van der Waals surface area contributed by atoms with Crippen molar-refractivity contribution in [2.24, 2.45) is 0 Å². The average Bonchev–Trinajstić information content (AvgIpc) is 2.58. The first-order valence-electron chi connectivity index (χ1n) is 7.61. The first kappa shape index (κ1) is 16.6. The third kappa shape index (κ3) is 3.65. The molecule has 0 bridgehead atoms. The predicted molar refractivity (Wildman–Crippen MR) is 95.3 cm³/mol. The van der Waals surface area contributed by atoms with E-state index < -0.39 is 11.6 Å². The fraction of sp³-hybridized carbons (Fsp3) is 0.111. The maximum atomic E-state index is 13.3. The van der Waals surface area contributed by atoms with E-state index in [0.29, 0.717) is 17.3 Å². The van der Waals surface area contributed by atoms with E-state index in [1.165, 1.54) is 18.0 Å². The normalized spacial score (nSPS) is 10.6. The van der Waals surface area contributed by atoms with Crippen LogP contribution in [0.1, 0.15) is 11.1 Å². The second kappa shape index (κ2) is 6.72. The van der Waals surface area contributed by atoms with E-state index in [-0.39, 0.29) is 5.69 Å². The molecule has 0 aliphatic rings. The van der Waals surface area contributed by atoms with Crippen LogP contribution in [0.25, 0.3) is 0 Å². The lowest BCUT2D eigenvalue weighted by Crippen LogP contribution is -2.05. The Morgan fingerprint density at radius 3 is 2.00 bits per heavy atom. The molecule has 5 nitrogen and oxygen atoms in total. The van der Waals surface area contributed by atoms with E-state index in [4.69, 9.17) is 5.73 Å². The van der Waals surface area contributed by atoms with E-state index >= 15 is 0 Å². The molecule has 0 saturated carbocycles. The second-order valence-corrected chi connectivity index (χ2v) is 5.66. The van der Waals surface area contributed by atoms with Gasteiger partial charge in [0.25, 0.3) is 0 Å². The maximum absolute atomic E-state index is 13.3. The van der Waals surface area contributed by atoms with Crippen molar-refractivity contribution in [2.45, 2.75) is 13.8 Å². The number of halogens is 2. The molecule has 3 rings (SSSR count). The third-order valence-electron chi connectivity index (χ3n) is 3.84. The lowest BCUT2D eigenvalue weighted by atomic mass is 10.1. The molecule has 0 aliphatic heterocycles. The van der Waals surface area contributed by atoms with Crippen molar-refractivity contribution in [1.29, 1.82) is 0 Å². The SMILES string of the molecule is Cc1ccc(Nc2ncnc(Nc3ccc(F)c(F)c3)c2N)cc1C. The Morgan fingerprint density at radius 2 is 1.40 bits per heavy atom. The number of hydrogen-bond acceptors (Lipinski definition) is 5. The minimum atomic E-state index is -0.953. The Kier molecular flexibility index (Phi) is 4.47. The van der Waals surface area contributed by atoms with Crippen molar-refractivity contribution in [3.05, 3.63) is 65.5 Å². The largest absolute Gasteiger partial charge is 0.393 e. The van der Waals surface area contributed by atoms with Crippen LogP contribution >= 0.6 is 0 Å². The van der Waals surface area contributed by atoms with Crippen molar-refractivity contribution < 1.29 is 8.78 Å². The molecule has 25 heavy (non-hydrogen) atoms. The fourth-order valence-corrected chi connectivity index (χ4v) is 2.26. The third-order valence-corrected chi connectivity index (χ3v) is 3.84. The van der Waals surface area contributed by atoms with E-state index in [1.807, 2.05) is 32.0 Å². The number of nitrogens with two attached hydrogens (primary N) is 1. The Bertz CT molecular complexity index is 856. The summed E-state index contributed by atoms with van der Waals surface area (Å²) in [5.41, 5.74) is 9.86. The highest BCUT2D eigenvalue weighted by atomic mass is 19.2. The standard InChI is InChI=1S/C18H17F2N5/c1-10-3-4-12(7-11(10)2)24-17-16(21)18(23-9-22-17)25-13-5-6-14(19)15(20)8-13/h3-9H,21H2,1-2H3,(H2,22,23,24,25). The molecule has 0 radical (unpaired) electrons. The van der Waals surface area contributed by atoms with Crippen LogP contribution in [0, 0.1) is 25.5 Å². The van der Waals surface area contributed by atoms with Gasteiger partial charge in [-0.05, 0) is 49.2 Å². The lowest BCUT2D eigenvalue weighted by Gasteiger charge is -2.13. The maximum Gasteiger partial charge on any atom is 0.160 e. The number of aromatic nitrogens is 2. The highest BCUT2D eigenvalue weighted by molar-refractivity contribution is 5.80. The molecule has 128 valence electrons. The molecule has 1 heterocycles. The number of nitrogens with zero attached hydrogens (tertiary/aromatic N) is 2. The summed E-state index contributed by atoms with van der Waals surface area (Å²) in [4.78, 5) is 8.19. The summed E-state index contributed by atoms with van der Waals surface area (Å²) in [6.45, 7) is 4.04. The topological polar surface area (TPSA) is 75.9 Å². The van der Waals surface area contributed by atoms with Crippen molar-refractivity contribution in [1.82, 2.24) is 9.97 Å². The number of anilines is 5. The van der Waals surface area contributed by atoms with E-state index in [2.05, 4.69) is 20.6 Å². The average molecular weight is 341 g/mol. The summed E-state index contributed by atoms with van der Waals surface area (Å²) >= 11 is 0. The molecule has 0 aliphatic carbocycles. The van der Waals surface area contributed by atoms with Gasteiger partial charge in [0.05, 0.1) is 0 Å². The molecular formula is C18H17F2N5. The van der Waals surface area contributed by atoms with Crippen LogP contribution < -0.4 is 16.4 Å². The smallest absolute Gasteiger partial charge is 0.160 e. The molecule has 0 fully saturated rings. The number of nitrogen functional groups attached to an aromatic ring is 1. The molecular weight excluding hydrogens is 324 g/mol. The van der Waals surface area contributed by atoms with Crippen LogP contribution in [0.3, 0.4) is 0 Å². The van der Waals surface area contributed by atoms with Gasteiger partial charge < -0.3 is 16.4 Å². The van der Waals surface area contributed by atoms with Gasteiger partial charge in [-0.1, -0.05) is 6.07 Å². The quantitative estimate of drug-likeness (QED) is 0.654. The van der Waals surface area contributed by atoms with Crippen molar-refractivity contribution in [3.8, 4) is 0 Å². The fourth-order valence-electron chi connectivity index (χ4n) is 2.26. The van der Waals surface area contributed by atoms with Crippen molar-refractivity contribution in [2.75, 3.05) is 16.4 Å². The molecule has 1 aromatic heterocycles. The van der Waals surface area contributed by atoms with E-state index in [1.54, 1.807) is 0 Å². The van der Waals surface area contributed by atoms with Gasteiger partial charge in [-0.2, -0.15) is 0 Å². The first-order valence-corrected chi connectivity index (χ1v) is 7.61. The monoisotopic (exact) mass is 341 g/mol. The molecule has 7 heteroatoms. The minimum Gasteiger partial charge on any atom is -0.393 e. The molecule has 4 N–H and O–H groups in total. The molecule has 0 unspecified atom stereocenters. The Morgan fingerprint density at radius 1 is 0.800 bits per heavy atom. The van der Waals surface area contributed by atoms with Crippen LogP contribution in [0.4, 0.5) is 37.5 Å². The molecule has 0 amide bonds. The molecule has 0 atom stereocenters. The second-order valence-electron chi connectivity index (χ2n) is 5.66. The zero-order chi connectivity index (χ0) is 18.0. The Hall–Kier alpha value is -3.22. The van der Waals surface area contributed by atoms with E-state index in [0.717, 1.165) is 23.4 Å². The number of nitrogens with one attached hydrogen (secondary N) is 2. The lowest BCUT2D eigenvalue weighted by molar-refractivity contribution is 0.509. The summed E-state index contributed by atoms with van der Waals surface area (Å²) in [7, 11) is 0. The van der Waals surface area contributed by atoms with Gasteiger partial charge in [0.2, 0.25) is 0 Å². The minimum absolute atomic E-state index is 0.269. The summed E-state index contributed by atoms with van der Waals surface area (Å²) < 4.78 is 26.3. The Labute approximate surface area is 143 Å². The molecule has 2 aromatic carbocycles. The first-order chi connectivity index (χ1) is 11.9. The zero-order valence-corrected chi connectivity index (χ0v) is 13.8. The molecule has 3 aromatic rings. The summed E-state index contributed by atoms with van der Waals surface area (Å²) in [6, 6.07) is 9.37.